The third kappa shape index (κ3) is 2.92. The fraction of sp³-hybridized carbons (Fsp3) is 0. The molecule has 0 fully saturated rings. The zero-order chi connectivity index (χ0) is 16.2. The Bertz CT molecular complexity index is 797. The third-order valence-electron chi connectivity index (χ3n) is 3.80. The van der Waals surface area contributed by atoms with E-state index in [0.717, 1.165) is 28.3 Å². The van der Waals surface area contributed by atoms with E-state index in [1.54, 1.807) is 0 Å². The Morgan fingerprint density at radius 3 is 1.25 bits per heavy atom. The molecule has 0 aliphatic rings. The number of nitrogens with one attached hydrogen (secondary N) is 1. The number of nitrogens with zero attached hydrogens (tertiary/aromatic N) is 2. The van der Waals surface area contributed by atoms with Crippen molar-refractivity contribution in [1.29, 1.82) is 0 Å². The van der Waals surface area contributed by atoms with Crippen molar-refractivity contribution in [2.75, 3.05) is 0 Å². The van der Waals surface area contributed by atoms with Crippen LogP contribution in [0.25, 0.3) is 34.2 Å². The van der Waals surface area contributed by atoms with E-state index in [4.69, 9.17) is 9.97 Å². The lowest BCUT2D eigenvalue weighted by Crippen LogP contribution is -2.16. The second kappa shape index (κ2) is 6.42. The summed E-state index contributed by atoms with van der Waals surface area (Å²) < 4.78 is 0. The molecule has 1 aromatic heterocycles. The van der Waals surface area contributed by atoms with Crippen LogP contribution >= 0.6 is 0 Å². The molecule has 0 amide bonds. The summed E-state index contributed by atoms with van der Waals surface area (Å²) in [7, 11) is 0. The van der Waals surface area contributed by atoms with Crippen molar-refractivity contribution in [1.82, 2.24) is 9.97 Å². The quantitative estimate of drug-likeness (QED) is 0.566. The Balaban J connectivity index is 1.92. The number of aromatic amines is 1. The van der Waals surface area contributed by atoms with Crippen LogP contribution in [0, 0.1) is 0 Å². The molecule has 4 aromatic rings. The van der Waals surface area contributed by atoms with Crippen LogP contribution in [-0.4, -0.2) is 9.97 Å². The molecule has 1 N–H and O–H groups in total. The van der Waals surface area contributed by atoms with Crippen molar-refractivity contribution in [3.63, 3.8) is 0 Å². The first-order valence-corrected chi connectivity index (χ1v) is 7.88. The van der Waals surface area contributed by atoms with Crippen LogP contribution in [0.2, 0.25) is 0 Å². The Labute approximate surface area is 140 Å². The van der Waals surface area contributed by atoms with E-state index < -0.39 is 0 Å². The summed E-state index contributed by atoms with van der Waals surface area (Å²) in [5, 5.41) is 0. The number of hydrogen-bond donors (Lipinski definition) is 0. The lowest BCUT2D eigenvalue weighted by Gasteiger charge is -2.01. The summed E-state index contributed by atoms with van der Waals surface area (Å²) in [6.45, 7) is 0. The van der Waals surface area contributed by atoms with Crippen molar-refractivity contribution < 1.29 is 4.98 Å². The van der Waals surface area contributed by atoms with Crippen LogP contribution in [0.5, 0.6) is 0 Å². The van der Waals surface area contributed by atoms with E-state index in [9.17, 15) is 0 Å². The minimum absolute atomic E-state index is 0.715. The topological polar surface area (TPSA) is 39.9 Å². The van der Waals surface area contributed by atoms with Gasteiger partial charge in [-0.2, -0.15) is 0 Å². The maximum Gasteiger partial charge on any atom is 0.308 e. The molecule has 4 rings (SSSR count). The van der Waals surface area contributed by atoms with E-state index in [-0.39, 0.29) is 0 Å². The highest BCUT2D eigenvalue weighted by molar-refractivity contribution is 5.62. The molecule has 3 nitrogen and oxygen atoms in total. The summed E-state index contributed by atoms with van der Waals surface area (Å²) in [5.74, 6) is 2.33. The highest BCUT2D eigenvalue weighted by Crippen LogP contribution is 2.21. The molecule has 0 saturated heterocycles. The predicted molar refractivity (Wildman–Crippen MR) is 94.9 cm³/mol. The minimum atomic E-state index is 0.715. The molecule has 0 unspecified atom stereocenters. The van der Waals surface area contributed by atoms with Gasteiger partial charge >= 0.3 is 5.82 Å². The third-order valence-corrected chi connectivity index (χ3v) is 3.80. The number of benzene rings is 3. The van der Waals surface area contributed by atoms with Crippen LogP contribution in [0.4, 0.5) is 0 Å². The van der Waals surface area contributed by atoms with E-state index in [0.29, 0.717) is 5.82 Å². The molecule has 0 atom stereocenters. The molecule has 0 radical (unpaired) electrons. The van der Waals surface area contributed by atoms with Gasteiger partial charge in [0, 0.05) is 0 Å². The second-order valence-corrected chi connectivity index (χ2v) is 5.47. The van der Waals surface area contributed by atoms with Gasteiger partial charge in [0.15, 0.2) is 0 Å². The Morgan fingerprint density at radius 1 is 0.458 bits per heavy atom. The molecule has 24 heavy (non-hydrogen) atoms. The Kier molecular flexibility index (Phi) is 3.82. The van der Waals surface area contributed by atoms with Gasteiger partial charge in [-0.05, 0) is 36.4 Å². The summed E-state index contributed by atoms with van der Waals surface area (Å²) in [4.78, 5) is 12.8. The summed E-state index contributed by atoms with van der Waals surface area (Å²) >= 11 is 0. The average molecular weight is 310 g/mol. The number of H-pyrrole nitrogens is 1. The zero-order valence-corrected chi connectivity index (χ0v) is 13.1. The molecule has 3 heteroatoms. The molecule has 0 bridgehead atoms. The van der Waals surface area contributed by atoms with Crippen LogP contribution in [0.1, 0.15) is 0 Å². The number of hydrogen-bond acceptors (Lipinski definition) is 2. The van der Waals surface area contributed by atoms with Crippen molar-refractivity contribution in [2.45, 2.75) is 0 Å². The lowest BCUT2D eigenvalue weighted by molar-refractivity contribution is -0.359. The van der Waals surface area contributed by atoms with Crippen molar-refractivity contribution in [3.8, 4) is 34.2 Å². The first-order valence-electron chi connectivity index (χ1n) is 7.88. The van der Waals surface area contributed by atoms with Gasteiger partial charge in [-0.1, -0.05) is 64.6 Å². The standard InChI is InChI=1S/C21H15N3/c1-4-10-16(11-5-1)19-22-20(17-12-6-2-7-13-17)24-21(23-19)18-14-8-3-9-15-18/h1-15H/p+1. The van der Waals surface area contributed by atoms with Gasteiger partial charge in [0.25, 0.3) is 11.6 Å². The van der Waals surface area contributed by atoms with E-state index in [1.807, 2.05) is 91.0 Å². The SMILES string of the molecule is c1ccc(-c2nc(-c3ccccc3)[nH+]c(-c3ccccc3)n2)cc1. The van der Waals surface area contributed by atoms with E-state index in [1.165, 1.54) is 0 Å². The van der Waals surface area contributed by atoms with Crippen LogP contribution in [0.3, 0.4) is 0 Å². The molecule has 114 valence electrons. The maximum atomic E-state index is 4.73. The van der Waals surface area contributed by atoms with Gasteiger partial charge in [-0.25, -0.2) is 4.98 Å². The van der Waals surface area contributed by atoms with Gasteiger partial charge in [0.2, 0.25) is 0 Å². The first-order chi connectivity index (χ1) is 11.9. The van der Waals surface area contributed by atoms with Crippen molar-refractivity contribution >= 4 is 0 Å². The van der Waals surface area contributed by atoms with Crippen molar-refractivity contribution in [3.05, 3.63) is 91.0 Å². The largest absolute Gasteiger partial charge is 0.308 e. The summed E-state index contributed by atoms with van der Waals surface area (Å²) in [5.41, 5.74) is 3.07. The number of rotatable bonds is 3. The summed E-state index contributed by atoms with van der Waals surface area (Å²) in [6.07, 6.45) is 0. The van der Waals surface area contributed by atoms with Crippen molar-refractivity contribution in [2.24, 2.45) is 0 Å². The molecular formula is C21H16N3+. The minimum Gasteiger partial charge on any atom is -0.240 e. The second-order valence-electron chi connectivity index (χ2n) is 5.47. The van der Waals surface area contributed by atoms with Crippen LogP contribution in [-0.2, 0) is 0 Å². The van der Waals surface area contributed by atoms with Crippen LogP contribution < -0.4 is 4.98 Å². The fourth-order valence-corrected chi connectivity index (χ4v) is 2.59. The van der Waals surface area contributed by atoms with Gasteiger partial charge in [-0.3, -0.25) is 0 Å². The molecule has 0 saturated carbocycles. The van der Waals surface area contributed by atoms with E-state index >= 15 is 0 Å². The average Bonchev–Trinajstić information content (AvgIpc) is 2.70. The first kappa shape index (κ1) is 14.3. The van der Waals surface area contributed by atoms with Crippen LogP contribution in [0.15, 0.2) is 91.0 Å². The predicted octanol–water partition coefficient (Wildman–Crippen LogP) is 4.29. The molecule has 1 heterocycles. The smallest absolute Gasteiger partial charge is 0.240 e. The number of aromatic nitrogens is 3. The van der Waals surface area contributed by atoms with Gasteiger partial charge < -0.3 is 0 Å². The Hall–Kier alpha value is -3.33. The monoisotopic (exact) mass is 310 g/mol. The molecule has 0 aliphatic heterocycles. The van der Waals surface area contributed by atoms with Gasteiger partial charge in [0.05, 0.1) is 16.7 Å². The molecule has 0 aliphatic carbocycles. The highest BCUT2D eigenvalue weighted by Gasteiger charge is 2.18. The highest BCUT2D eigenvalue weighted by atomic mass is 15.0. The summed E-state index contributed by atoms with van der Waals surface area (Å²) in [6, 6.07) is 30.3. The molecule has 0 spiro atoms. The normalized spacial score (nSPS) is 10.5. The Morgan fingerprint density at radius 2 is 0.833 bits per heavy atom. The fourth-order valence-electron chi connectivity index (χ4n) is 2.59. The van der Waals surface area contributed by atoms with Gasteiger partial charge in [0.1, 0.15) is 0 Å². The van der Waals surface area contributed by atoms with Gasteiger partial charge in [-0.15, -0.1) is 0 Å². The lowest BCUT2D eigenvalue weighted by atomic mass is 10.1. The maximum absolute atomic E-state index is 4.73. The zero-order valence-electron chi connectivity index (χ0n) is 13.1. The molecular weight excluding hydrogens is 294 g/mol. The molecule has 3 aromatic carbocycles. The van der Waals surface area contributed by atoms with E-state index in [2.05, 4.69) is 4.98 Å².